The molecule has 2 bridgehead atoms. The van der Waals surface area contributed by atoms with Crippen LogP contribution in [0.2, 0.25) is 0 Å². The lowest BCUT2D eigenvalue weighted by atomic mass is 9.69. The van der Waals surface area contributed by atoms with Gasteiger partial charge in [-0.05, 0) is 36.0 Å². The monoisotopic (exact) mass is 179 g/mol. The number of rotatable bonds is 1. The number of fused-ring (bicyclic) bond motifs is 2. The average Bonchev–Trinajstić information content (AvgIpc) is 2.37. The van der Waals surface area contributed by atoms with Crippen LogP contribution in [0.1, 0.15) is 40.0 Å². The van der Waals surface area contributed by atoms with Crippen LogP contribution in [0.3, 0.4) is 0 Å². The summed E-state index contributed by atoms with van der Waals surface area (Å²) in [6.07, 6.45) is 6.36. The van der Waals surface area contributed by atoms with E-state index in [-0.39, 0.29) is 0 Å². The van der Waals surface area contributed by atoms with Gasteiger partial charge in [0.2, 0.25) is 0 Å². The van der Waals surface area contributed by atoms with E-state index in [1.807, 2.05) is 0 Å². The molecule has 0 radical (unpaired) electrons. The van der Waals surface area contributed by atoms with E-state index in [4.69, 9.17) is 5.73 Å². The zero-order valence-corrected chi connectivity index (χ0v) is 9.06. The third kappa shape index (κ3) is 0.969. The predicted octanol–water partition coefficient (Wildman–Crippen LogP) is 2.72. The molecule has 2 atom stereocenters. The van der Waals surface area contributed by atoms with Gasteiger partial charge in [0, 0.05) is 6.54 Å². The minimum atomic E-state index is 0.455. The summed E-state index contributed by atoms with van der Waals surface area (Å²) in [6, 6.07) is 0. The minimum Gasteiger partial charge on any atom is -0.327 e. The fourth-order valence-corrected chi connectivity index (χ4v) is 3.47. The maximum absolute atomic E-state index is 5.61. The largest absolute Gasteiger partial charge is 0.327 e. The van der Waals surface area contributed by atoms with Gasteiger partial charge in [-0.25, -0.2) is 0 Å². The number of allylic oxidation sites excluding steroid dienone is 1. The molecule has 2 fully saturated rings. The molecule has 0 spiro atoms. The summed E-state index contributed by atoms with van der Waals surface area (Å²) in [4.78, 5) is 0. The van der Waals surface area contributed by atoms with E-state index < -0.39 is 0 Å². The Labute approximate surface area is 81.4 Å². The van der Waals surface area contributed by atoms with Crippen molar-refractivity contribution >= 4 is 0 Å². The predicted molar refractivity (Wildman–Crippen MR) is 56.4 cm³/mol. The first-order valence-electron chi connectivity index (χ1n) is 5.42. The lowest BCUT2D eigenvalue weighted by molar-refractivity contribution is 0.179. The molecule has 2 aliphatic rings. The van der Waals surface area contributed by atoms with E-state index in [1.165, 1.54) is 19.3 Å². The fraction of sp³-hybridized carbons (Fsp3) is 0.833. The molecule has 2 rings (SSSR count). The smallest absolute Gasteiger partial charge is 0.0109 e. The van der Waals surface area contributed by atoms with Crippen molar-refractivity contribution in [1.29, 1.82) is 0 Å². The summed E-state index contributed by atoms with van der Waals surface area (Å²) in [5, 5.41) is 0. The van der Waals surface area contributed by atoms with Gasteiger partial charge in [0.05, 0.1) is 0 Å². The van der Waals surface area contributed by atoms with Crippen molar-refractivity contribution in [2.75, 3.05) is 6.54 Å². The Morgan fingerprint density at radius 3 is 2.54 bits per heavy atom. The van der Waals surface area contributed by atoms with E-state index in [9.17, 15) is 0 Å². The van der Waals surface area contributed by atoms with Crippen LogP contribution in [0.5, 0.6) is 0 Å². The van der Waals surface area contributed by atoms with E-state index in [0.717, 1.165) is 5.92 Å². The first kappa shape index (κ1) is 9.26. The Balaban J connectivity index is 2.38. The third-order valence-electron chi connectivity index (χ3n) is 4.97. The quantitative estimate of drug-likeness (QED) is 0.615. The lowest BCUT2D eigenvalue weighted by Crippen LogP contribution is -2.28. The van der Waals surface area contributed by atoms with Crippen LogP contribution >= 0.6 is 0 Å². The van der Waals surface area contributed by atoms with Crippen molar-refractivity contribution in [3.8, 4) is 0 Å². The topological polar surface area (TPSA) is 26.0 Å². The molecule has 0 heterocycles. The number of hydrogen-bond acceptors (Lipinski definition) is 1. The van der Waals surface area contributed by atoms with Crippen LogP contribution in [0.25, 0.3) is 0 Å². The Morgan fingerprint density at radius 1 is 1.46 bits per heavy atom. The molecule has 0 saturated heterocycles. The summed E-state index contributed by atoms with van der Waals surface area (Å²) >= 11 is 0. The van der Waals surface area contributed by atoms with Crippen LogP contribution < -0.4 is 5.73 Å². The van der Waals surface area contributed by atoms with Gasteiger partial charge in [-0.15, -0.1) is 0 Å². The summed E-state index contributed by atoms with van der Waals surface area (Å²) in [7, 11) is 0. The second kappa shape index (κ2) is 2.60. The SMILES string of the molecule is CC12CCC(C/C1=C\CN)C2(C)C. The molecular formula is C12H21N. The minimum absolute atomic E-state index is 0.455. The van der Waals surface area contributed by atoms with Gasteiger partial charge in [0.1, 0.15) is 0 Å². The Hall–Kier alpha value is -0.300. The molecule has 0 aromatic heterocycles. The molecule has 2 unspecified atom stereocenters. The van der Waals surface area contributed by atoms with Crippen LogP contribution in [-0.4, -0.2) is 6.54 Å². The average molecular weight is 179 g/mol. The van der Waals surface area contributed by atoms with Gasteiger partial charge in [-0.1, -0.05) is 32.4 Å². The first-order chi connectivity index (χ1) is 6.02. The summed E-state index contributed by atoms with van der Waals surface area (Å²) < 4.78 is 0. The molecule has 2 aliphatic carbocycles. The molecule has 0 aromatic rings. The molecule has 74 valence electrons. The van der Waals surface area contributed by atoms with E-state index in [2.05, 4.69) is 26.8 Å². The molecule has 1 heteroatoms. The Bertz CT molecular complexity index is 252. The highest BCUT2D eigenvalue weighted by molar-refractivity contribution is 5.29. The van der Waals surface area contributed by atoms with Gasteiger partial charge < -0.3 is 5.73 Å². The zero-order chi connectivity index (χ0) is 9.69. The van der Waals surface area contributed by atoms with Gasteiger partial charge in [0.25, 0.3) is 0 Å². The Kier molecular flexibility index (Phi) is 1.85. The third-order valence-corrected chi connectivity index (χ3v) is 4.97. The van der Waals surface area contributed by atoms with Crippen molar-refractivity contribution < 1.29 is 0 Å². The van der Waals surface area contributed by atoms with Gasteiger partial charge >= 0.3 is 0 Å². The number of nitrogens with two attached hydrogens (primary N) is 1. The van der Waals surface area contributed by atoms with Gasteiger partial charge in [-0.3, -0.25) is 0 Å². The summed E-state index contributed by atoms with van der Waals surface area (Å²) in [6.45, 7) is 8.01. The summed E-state index contributed by atoms with van der Waals surface area (Å²) in [5.41, 5.74) is 8.21. The first-order valence-corrected chi connectivity index (χ1v) is 5.42. The van der Waals surface area contributed by atoms with Gasteiger partial charge in [-0.2, -0.15) is 0 Å². The molecular weight excluding hydrogens is 158 g/mol. The summed E-state index contributed by atoms with van der Waals surface area (Å²) in [5.74, 6) is 0.912. The normalized spacial score (nSPS) is 44.6. The number of hydrogen-bond donors (Lipinski definition) is 1. The van der Waals surface area contributed by atoms with Crippen molar-refractivity contribution in [2.45, 2.75) is 40.0 Å². The molecule has 2 N–H and O–H groups in total. The maximum Gasteiger partial charge on any atom is 0.0109 e. The van der Waals surface area contributed by atoms with Crippen molar-refractivity contribution in [3.05, 3.63) is 11.6 Å². The molecule has 13 heavy (non-hydrogen) atoms. The van der Waals surface area contributed by atoms with Crippen LogP contribution in [0.15, 0.2) is 11.6 Å². The highest BCUT2D eigenvalue weighted by Crippen LogP contribution is 2.67. The molecule has 0 amide bonds. The standard InChI is InChI=1S/C12H21N/c1-11(2)9-4-6-12(11,3)10(8-9)5-7-13/h5,9H,4,6-8,13H2,1-3H3/b10-5+. The highest BCUT2D eigenvalue weighted by Gasteiger charge is 2.58. The molecule has 1 nitrogen and oxygen atoms in total. The van der Waals surface area contributed by atoms with Crippen molar-refractivity contribution in [2.24, 2.45) is 22.5 Å². The molecule has 2 saturated carbocycles. The highest BCUT2D eigenvalue weighted by atomic mass is 14.6. The van der Waals surface area contributed by atoms with Crippen LogP contribution in [-0.2, 0) is 0 Å². The van der Waals surface area contributed by atoms with Crippen LogP contribution in [0.4, 0.5) is 0 Å². The molecule has 0 aromatic carbocycles. The van der Waals surface area contributed by atoms with Crippen molar-refractivity contribution in [1.82, 2.24) is 0 Å². The Morgan fingerprint density at radius 2 is 2.15 bits per heavy atom. The fourth-order valence-electron chi connectivity index (χ4n) is 3.47. The van der Waals surface area contributed by atoms with Crippen molar-refractivity contribution in [3.63, 3.8) is 0 Å². The van der Waals surface area contributed by atoms with E-state index >= 15 is 0 Å². The van der Waals surface area contributed by atoms with E-state index in [1.54, 1.807) is 5.57 Å². The lowest BCUT2D eigenvalue weighted by Gasteiger charge is -2.35. The second-order valence-electron chi connectivity index (χ2n) is 5.46. The van der Waals surface area contributed by atoms with Crippen LogP contribution in [0, 0.1) is 16.7 Å². The molecule has 0 aliphatic heterocycles. The van der Waals surface area contributed by atoms with Gasteiger partial charge in [0.15, 0.2) is 0 Å². The second-order valence-corrected chi connectivity index (χ2v) is 5.46. The maximum atomic E-state index is 5.61. The zero-order valence-electron chi connectivity index (χ0n) is 9.06. The van der Waals surface area contributed by atoms with E-state index in [0.29, 0.717) is 17.4 Å².